The number of carbonyl (C=O) groups excluding carboxylic acids is 1. The van der Waals surface area contributed by atoms with Crippen molar-refractivity contribution in [3.05, 3.63) is 80.5 Å². The summed E-state index contributed by atoms with van der Waals surface area (Å²) in [7, 11) is 0. The molecule has 0 atom stereocenters. The molecule has 0 saturated heterocycles. The summed E-state index contributed by atoms with van der Waals surface area (Å²) in [6, 6.07) is 9.52. The van der Waals surface area contributed by atoms with Crippen molar-refractivity contribution < 1.29 is 13.6 Å². The minimum absolute atomic E-state index is 0.0639. The van der Waals surface area contributed by atoms with Crippen LogP contribution in [-0.2, 0) is 11.3 Å². The molecule has 0 aliphatic rings. The highest BCUT2D eigenvalue weighted by atomic mass is 32.2. The van der Waals surface area contributed by atoms with Gasteiger partial charge in [0.25, 0.3) is 5.56 Å². The lowest BCUT2D eigenvalue weighted by Crippen LogP contribution is -2.41. The normalized spacial score (nSPS) is 11.1. The number of hydrogen-bond donors (Lipinski definition) is 1. The van der Waals surface area contributed by atoms with Gasteiger partial charge < -0.3 is 5.32 Å². The van der Waals surface area contributed by atoms with Crippen LogP contribution in [0.4, 0.5) is 14.5 Å². The maximum atomic E-state index is 13.9. The second kappa shape index (κ2) is 8.67. The Balaban J connectivity index is 1.86. The Hall–Kier alpha value is -3.31. The van der Waals surface area contributed by atoms with Crippen LogP contribution in [-0.4, -0.2) is 26.3 Å². The first kappa shape index (κ1) is 21.9. The number of hydrogen-bond acceptors (Lipinski definition) is 6. The van der Waals surface area contributed by atoms with Crippen molar-refractivity contribution in [1.29, 1.82) is 0 Å². The number of fused-ring (bicyclic) bond motifs is 1. The van der Waals surface area contributed by atoms with E-state index in [-0.39, 0.29) is 16.0 Å². The Morgan fingerprint density at radius 3 is 2.66 bits per heavy atom. The lowest BCUT2D eigenvalue weighted by atomic mass is 10.2. The van der Waals surface area contributed by atoms with Crippen LogP contribution in [0, 0.1) is 18.6 Å². The topological polar surface area (TPSA) is 86.0 Å². The van der Waals surface area contributed by atoms with E-state index in [1.165, 1.54) is 11.8 Å². The molecule has 0 radical (unpaired) electrons. The van der Waals surface area contributed by atoms with E-state index >= 15 is 0 Å². The van der Waals surface area contributed by atoms with Gasteiger partial charge in [0, 0.05) is 6.07 Å². The molecule has 0 aliphatic carbocycles. The van der Waals surface area contributed by atoms with Gasteiger partial charge in [0.15, 0.2) is 9.99 Å². The highest BCUT2D eigenvalue weighted by Gasteiger charge is 2.21. The number of thioether (sulfide) groups is 1. The van der Waals surface area contributed by atoms with Crippen LogP contribution in [0.5, 0.6) is 0 Å². The standard InChI is InChI=1S/C21H16F2N4O3S2/c1-11-5-3-4-6-15(11)27-19(29)17-18(25-20(31-2)32-17)26(21(27)30)10-16(28)24-14-9-12(22)7-8-13(14)23/h3-9H,10H2,1-2H3,(H,24,28). The zero-order valence-corrected chi connectivity index (χ0v) is 18.5. The molecule has 0 spiro atoms. The van der Waals surface area contributed by atoms with E-state index < -0.39 is 35.3 Å². The fraction of sp³-hybridized carbons (Fsp3) is 0.143. The number of thiazole rings is 1. The van der Waals surface area contributed by atoms with Crippen LogP contribution in [0.1, 0.15) is 5.56 Å². The quantitative estimate of drug-likeness (QED) is 0.447. The fourth-order valence-corrected chi connectivity index (χ4v) is 4.69. The zero-order valence-electron chi connectivity index (χ0n) is 16.9. The second-order valence-corrected chi connectivity index (χ2v) is 8.86. The average Bonchev–Trinajstić information content (AvgIpc) is 3.20. The molecule has 32 heavy (non-hydrogen) atoms. The molecule has 7 nitrogen and oxygen atoms in total. The van der Waals surface area contributed by atoms with Crippen LogP contribution in [0.15, 0.2) is 56.4 Å². The SMILES string of the molecule is CSc1nc2c(s1)c(=O)n(-c1ccccc1C)c(=O)n2CC(=O)Nc1cc(F)ccc1F. The number of para-hydroxylation sites is 1. The number of nitrogens with one attached hydrogen (secondary N) is 1. The van der Waals surface area contributed by atoms with Crippen LogP contribution in [0.2, 0.25) is 0 Å². The van der Waals surface area contributed by atoms with Gasteiger partial charge in [0.1, 0.15) is 22.9 Å². The van der Waals surface area contributed by atoms with E-state index in [0.717, 1.165) is 38.7 Å². The summed E-state index contributed by atoms with van der Waals surface area (Å²) in [6.45, 7) is 1.21. The number of nitrogens with zero attached hydrogens (tertiary/aromatic N) is 3. The van der Waals surface area contributed by atoms with Gasteiger partial charge in [-0.1, -0.05) is 30.0 Å². The van der Waals surface area contributed by atoms with Crippen LogP contribution < -0.4 is 16.6 Å². The number of carbonyl (C=O) groups is 1. The van der Waals surface area contributed by atoms with E-state index in [1.807, 2.05) is 0 Å². The number of aromatic nitrogens is 3. The van der Waals surface area contributed by atoms with Gasteiger partial charge in [-0.2, -0.15) is 0 Å². The molecule has 1 N–H and O–H groups in total. The molecule has 0 saturated carbocycles. The molecule has 0 aliphatic heterocycles. The average molecular weight is 475 g/mol. The summed E-state index contributed by atoms with van der Waals surface area (Å²) in [6.07, 6.45) is 1.78. The van der Waals surface area contributed by atoms with Crippen molar-refractivity contribution in [2.75, 3.05) is 11.6 Å². The minimum Gasteiger partial charge on any atom is -0.322 e. The maximum Gasteiger partial charge on any atom is 0.337 e. The number of benzene rings is 2. The molecule has 4 aromatic rings. The molecule has 164 valence electrons. The third kappa shape index (κ3) is 3.96. The van der Waals surface area contributed by atoms with Gasteiger partial charge in [-0.05, 0) is 36.9 Å². The molecule has 0 fully saturated rings. The van der Waals surface area contributed by atoms with Crippen molar-refractivity contribution in [2.24, 2.45) is 0 Å². The molecule has 1 amide bonds. The monoisotopic (exact) mass is 474 g/mol. The van der Waals surface area contributed by atoms with E-state index in [4.69, 9.17) is 0 Å². The zero-order chi connectivity index (χ0) is 23.0. The largest absolute Gasteiger partial charge is 0.337 e. The molecule has 2 aromatic carbocycles. The number of rotatable bonds is 5. The lowest BCUT2D eigenvalue weighted by molar-refractivity contribution is -0.116. The number of anilines is 1. The Morgan fingerprint density at radius 2 is 1.94 bits per heavy atom. The summed E-state index contributed by atoms with van der Waals surface area (Å²) in [4.78, 5) is 43.5. The van der Waals surface area contributed by atoms with E-state index in [9.17, 15) is 23.2 Å². The van der Waals surface area contributed by atoms with Crippen molar-refractivity contribution in [1.82, 2.24) is 14.1 Å². The van der Waals surface area contributed by atoms with Crippen molar-refractivity contribution in [2.45, 2.75) is 17.8 Å². The van der Waals surface area contributed by atoms with Gasteiger partial charge in [0.05, 0.1) is 11.4 Å². The summed E-state index contributed by atoms with van der Waals surface area (Å²) in [5.74, 6) is -2.31. The molecule has 0 bridgehead atoms. The molecular formula is C21H16F2N4O3S2. The molecule has 2 heterocycles. The van der Waals surface area contributed by atoms with Crippen molar-refractivity contribution in [3.63, 3.8) is 0 Å². The summed E-state index contributed by atoms with van der Waals surface area (Å²) in [5, 5.41) is 2.27. The number of halogens is 2. The van der Waals surface area contributed by atoms with Crippen LogP contribution in [0.25, 0.3) is 16.0 Å². The predicted octanol–water partition coefficient (Wildman–Crippen LogP) is 3.56. The van der Waals surface area contributed by atoms with Crippen molar-refractivity contribution >= 4 is 45.0 Å². The van der Waals surface area contributed by atoms with E-state index in [2.05, 4.69) is 10.3 Å². The third-order valence-corrected chi connectivity index (χ3v) is 6.72. The van der Waals surface area contributed by atoms with E-state index in [1.54, 1.807) is 37.4 Å². The van der Waals surface area contributed by atoms with Crippen LogP contribution >= 0.6 is 23.1 Å². The van der Waals surface area contributed by atoms with Gasteiger partial charge >= 0.3 is 5.69 Å². The summed E-state index contributed by atoms with van der Waals surface area (Å²) < 4.78 is 30.2. The smallest absolute Gasteiger partial charge is 0.322 e. The highest BCUT2D eigenvalue weighted by Crippen LogP contribution is 2.25. The predicted molar refractivity (Wildman–Crippen MR) is 121 cm³/mol. The van der Waals surface area contributed by atoms with E-state index in [0.29, 0.717) is 15.6 Å². The Bertz CT molecular complexity index is 1480. The van der Waals surface area contributed by atoms with Gasteiger partial charge in [-0.3, -0.25) is 14.2 Å². The lowest BCUT2D eigenvalue weighted by Gasteiger charge is -2.13. The molecule has 11 heteroatoms. The molecule has 2 aromatic heterocycles. The third-order valence-electron chi connectivity index (χ3n) is 4.70. The molecule has 0 unspecified atom stereocenters. The Kier molecular flexibility index (Phi) is 5.94. The first-order valence-electron chi connectivity index (χ1n) is 9.31. The molecule has 4 rings (SSSR count). The summed E-state index contributed by atoms with van der Waals surface area (Å²) in [5.41, 5.74) is -0.509. The Labute approximate surface area is 188 Å². The molecular weight excluding hydrogens is 458 g/mol. The first-order valence-corrected chi connectivity index (χ1v) is 11.4. The number of aryl methyl sites for hydroxylation is 1. The maximum absolute atomic E-state index is 13.9. The fourth-order valence-electron chi connectivity index (χ4n) is 3.20. The van der Waals surface area contributed by atoms with Crippen LogP contribution in [0.3, 0.4) is 0 Å². The number of amides is 1. The van der Waals surface area contributed by atoms with Crippen molar-refractivity contribution in [3.8, 4) is 5.69 Å². The van der Waals surface area contributed by atoms with Gasteiger partial charge in [-0.15, -0.1) is 11.3 Å². The first-order chi connectivity index (χ1) is 15.3. The van der Waals surface area contributed by atoms with Gasteiger partial charge in [0.2, 0.25) is 5.91 Å². The highest BCUT2D eigenvalue weighted by molar-refractivity contribution is 8.00. The Morgan fingerprint density at radius 1 is 1.19 bits per heavy atom. The van der Waals surface area contributed by atoms with Gasteiger partial charge in [-0.25, -0.2) is 23.1 Å². The summed E-state index contributed by atoms with van der Waals surface area (Å²) >= 11 is 2.41. The second-order valence-electron chi connectivity index (χ2n) is 6.80. The minimum atomic E-state index is -0.819.